The van der Waals surface area contributed by atoms with Gasteiger partial charge >= 0.3 is 0 Å². The maximum Gasteiger partial charge on any atom is 0.129 e. The van der Waals surface area contributed by atoms with Crippen LogP contribution in [0.5, 0.6) is 5.75 Å². The molecule has 0 radical (unpaired) electrons. The lowest BCUT2D eigenvalue weighted by molar-refractivity contribution is 0.414. The highest BCUT2D eigenvalue weighted by Gasteiger charge is 2.19. The van der Waals surface area contributed by atoms with Crippen molar-refractivity contribution in [3.8, 4) is 5.75 Å². The molecule has 0 heterocycles. The molecule has 1 N–H and O–H groups in total. The summed E-state index contributed by atoms with van der Waals surface area (Å²) < 4.78 is 19.1. The van der Waals surface area contributed by atoms with E-state index < -0.39 is 0 Å². The van der Waals surface area contributed by atoms with Gasteiger partial charge < -0.3 is 10.1 Å². The average molecular weight is 280 g/mol. The normalized spacial score (nSPS) is 12.2. The third kappa shape index (κ3) is 2.88. The van der Waals surface area contributed by atoms with Gasteiger partial charge in [0, 0.05) is 10.6 Å². The van der Waals surface area contributed by atoms with Crippen LogP contribution in [0.1, 0.15) is 17.2 Å². The van der Waals surface area contributed by atoms with E-state index in [0.717, 1.165) is 11.3 Å². The molecule has 1 unspecified atom stereocenters. The Kier molecular flexibility index (Phi) is 4.40. The molecule has 19 heavy (non-hydrogen) atoms. The van der Waals surface area contributed by atoms with Crippen LogP contribution in [0.4, 0.5) is 4.39 Å². The molecule has 2 aromatic rings. The van der Waals surface area contributed by atoms with Crippen LogP contribution in [0.3, 0.4) is 0 Å². The molecule has 100 valence electrons. The Bertz CT molecular complexity index is 536. The summed E-state index contributed by atoms with van der Waals surface area (Å²) >= 11 is 6.11. The van der Waals surface area contributed by atoms with Gasteiger partial charge in [-0.2, -0.15) is 0 Å². The first-order valence-electron chi connectivity index (χ1n) is 5.92. The number of hydrogen-bond donors (Lipinski definition) is 1. The summed E-state index contributed by atoms with van der Waals surface area (Å²) in [7, 11) is 3.38. The molecule has 1 atom stereocenters. The van der Waals surface area contributed by atoms with Crippen LogP contribution in [0.15, 0.2) is 42.5 Å². The summed E-state index contributed by atoms with van der Waals surface area (Å²) in [6, 6.07) is 11.9. The Balaban J connectivity index is 2.44. The summed E-state index contributed by atoms with van der Waals surface area (Å²) in [5.41, 5.74) is 1.38. The van der Waals surface area contributed by atoms with E-state index in [-0.39, 0.29) is 11.9 Å². The second-order valence-electron chi connectivity index (χ2n) is 4.13. The molecule has 2 aromatic carbocycles. The van der Waals surface area contributed by atoms with Crippen molar-refractivity contribution in [2.75, 3.05) is 14.2 Å². The first-order chi connectivity index (χ1) is 9.17. The summed E-state index contributed by atoms with van der Waals surface area (Å²) in [5, 5.41) is 3.50. The Hall–Kier alpha value is -1.58. The van der Waals surface area contributed by atoms with Gasteiger partial charge in [-0.15, -0.1) is 0 Å². The fourth-order valence-corrected chi connectivity index (χ4v) is 2.33. The predicted molar refractivity (Wildman–Crippen MR) is 75.3 cm³/mol. The van der Waals surface area contributed by atoms with Crippen LogP contribution >= 0.6 is 11.6 Å². The van der Waals surface area contributed by atoms with Gasteiger partial charge in [0.05, 0.1) is 13.2 Å². The quantitative estimate of drug-likeness (QED) is 0.919. The van der Waals surface area contributed by atoms with Crippen LogP contribution in [-0.2, 0) is 0 Å². The van der Waals surface area contributed by atoms with E-state index >= 15 is 0 Å². The van der Waals surface area contributed by atoms with Crippen molar-refractivity contribution in [2.24, 2.45) is 0 Å². The zero-order valence-corrected chi connectivity index (χ0v) is 11.5. The molecule has 0 fully saturated rings. The van der Waals surface area contributed by atoms with Crippen LogP contribution < -0.4 is 10.1 Å². The van der Waals surface area contributed by atoms with Gasteiger partial charge in [-0.3, -0.25) is 0 Å². The van der Waals surface area contributed by atoms with Gasteiger partial charge in [0.25, 0.3) is 0 Å². The van der Waals surface area contributed by atoms with Gasteiger partial charge in [-0.1, -0.05) is 29.8 Å². The predicted octanol–water partition coefficient (Wildman–Crippen LogP) is 3.80. The summed E-state index contributed by atoms with van der Waals surface area (Å²) in [6.07, 6.45) is 0. The van der Waals surface area contributed by atoms with Crippen LogP contribution in [0, 0.1) is 5.82 Å². The summed E-state index contributed by atoms with van der Waals surface area (Å²) in [4.78, 5) is 0. The maximum absolute atomic E-state index is 14.0. The topological polar surface area (TPSA) is 21.3 Å². The molecule has 0 saturated carbocycles. The Morgan fingerprint density at radius 2 is 1.84 bits per heavy atom. The van der Waals surface area contributed by atoms with Gasteiger partial charge in [0.2, 0.25) is 0 Å². The van der Waals surface area contributed by atoms with Crippen LogP contribution in [-0.4, -0.2) is 14.2 Å². The third-order valence-electron chi connectivity index (χ3n) is 3.03. The SMILES string of the molecule is CNC(c1ccc(OC)cc1)c1c(F)cccc1Cl. The summed E-state index contributed by atoms with van der Waals surface area (Å²) in [6.45, 7) is 0. The van der Waals surface area contributed by atoms with Crippen molar-refractivity contribution in [3.63, 3.8) is 0 Å². The Morgan fingerprint density at radius 1 is 1.16 bits per heavy atom. The Morgan fingerprint density at radius 3 is 2.37 bits per heavy atom. The van der Waals surface area contributed by atoms with Crippen LogP contribution in [0.2, 0.25) is 5.02 Å². The second kappa shape index (κ2) is 6.04. The number of benzene rings is 2. The molecule has 0 amide bonds. The van der Waals surface area contributed by atoms with E-state index in [1.165, 1.54) is 6.07 Å². The fraction of sp³-hybridized carbons (Fsp3) is 0.200. The van der Waals surface area contributed by atoms with E-state index in [1.54, 1.807) is 26.3 Å². The fourth-order valence-electron chi connectivity index (χ4n) is 2.06. The molecule has 0 aliphatic carbocycles. The van der Waals surface area contributed by atoms with Gasteiger partial charge in [0.1, 0.15) is 11.6 Å². The minimum Gasteiger partial charge on any atom is -0.497 e. The number of rotatable bonds is 4. The lowest BCUT2D eigenvalue weighted by Gasteiger charge is -2.19. The zero-order chi connectivity index (χ0) is 13.8. The lowest BCUT2D eigenvalue weighted by Crippen LogP contribution is -2.19. The zero-order valence-electron chi connectivity index (χ0n) is 10.8. The van der Waals surface area contributed by atoms with Crippen molar-refractivity contribution in [1.82, 2.24) is 5.32 Å². The molecular weight excluding hydrogens is 265 g/mol. The lowest BCUT2D eigenvalue weighted by atomic mass is 9.98. The van der Waals surface area contributed by atoms with Crippen molar-refractivity contribution < 1.29 is 9.13 Å². The molecule has 2 nitrogen and oxygen atoms in total. The third-order valence-corrected chi connectivity index (χ3v) is 3.36. The number of methoxy groups -OCH3 is 1. The molecular formula is C15H15ClFNO. The van der Waals surface area contributed by atoms with Gasteiger partial charge in [-0.05, 0) is 36.9 Å². The van der Waals surface area contributed by atoms with E-state index in [4.69, 9.17) is 16.3 Å². The number of halogens is 2. The van der Waals surface area contributed by atoms with E-state index in [2.05, 4.69) is 5.32 Å². The van der Waals surface area contributed by atoms with Crippen LogP contribution in [0.25, 0.3) is 0 Å². The minimum atomic E-state index is -0.317. The molecule has 0 aliphatic rings. The van der Waals surface area contributed by atoms with Crippen molar-refractivity contribution in [2.45, 2.75) is 6.04 Å². The molecule has 0 bridgehead atoms. The monoisotopic (exact) mass is 279 g/mol. The minimum absolute atomic E-state index is 0.292. The van der Waals surface area contributed by atoms with E-state index in [9.17, 15) is 4.39 Å². The number of nitrogens with one attached hydrogen (secondary N) is 1. The highest BCUT2D eigenvalue weighted by Crippen LogP contribution is 2.31. The van der Waals surface area contributed by atoms with Crippen molar-refractivity contribution >= 4 is 11.6 Å². The Labute approximate surface area is 117 Å². The molecule has 0 spiro atoms. The molecule has 0 aromatic heterocycles. The van der Waals surface area contributed by atoms with Crippen molar-refractivity contribution in [1.29, 1.82) is 0 Å². The largest absolute Gasteiger partial charge is 0.497 e. The van der Waals surface area contributed by atoms with Gasteiger partial charge in [-0.25, -0.2) is 4.39 Å². The molecule has 0 saturated heterocycles. The molecule has 0 aliphatic heterocycles. The highest BCUT2D eigenvalue weighted by atomic mass is 35.5. The van der Waals surface area contributed by atoms with Gasteiger partial charge in [0.15, 0.2) is 0 Å². The summed E-state index contributed by atoms with van der Waals surface area (Å²) in [5.74, 6) is 0.445. The highest BCUT2D eigenvalue weighted by molar-refractivity contribution is 6.31. The second-order valence-corrected chi connectivity index (χ2v) is 4.54. The molecule has 2 rings (SSSR count). The standard InChI is InChI=1S/C15H15ClFNO/c1-18-15(10-6-8-11(19-2)9-7-10)14-12(16)4-3-5-13(14)17/h3-9,15,18H,1-2H3. The average Bonchev–Trinajstić information content (AvgIpc) is 2.43. The first kappa shape index (κ1) is 13.8. The molecule has 4 heteroatoms. The number of hydrogen-bond acceptors (Lipinski definition) is 2. The van der Waals surface area contributed by atoms with E-state index in [0.29, 0.717) is 10.6 Å². The maximum atomic E-state index is 14.0. The van der Waals surface area contributed by atoms with Crippen molar-refractivity contribution in [3.05, 3.63) is 64.4 Å². The van der Waals surface area contributed by atoms with E-state index in [1.807, 2.05) is 24.3 Å². The first-order valence-corrected chi connectivity index (χ1v) is 6.30. The smallest absolute Gasteiger partial charge is 0.129 e. The number of ether oxygens (including phenoxy) is 1.